The molecule has 0 amide bonds. The molecule has 2 N–H and O–H groups in total. The first kappa shape index (κ1) is 13.2. The van der Waals surface area contributed by atoms with Crippen LogP contribution in [0.15, 0.2) is 30.3 Å². The number of hydrogen-bond acceptors (Lipinski definition) is 2. The third-order valence-corrected chi connectivity index (χ3v) is 4.65. The third-order valence-electron chi connectivity index (χ3n) is 2.43. The Hall–Kier alpha value is -0.250. The molecule has 1 atom stereocenters. The lowest BCUT2D eigenvalue weighted by Gasteiger charge is -2.11. The van der Waals surface area contributed by atoms with Gasteiger partial charge in [0.05, 0.1) is 14.4 Å². The number of halogens is 3. The van der Waals surface area contributed by atoms with Crippen LogP contribution >= 0.6 is 46.1 Å². The molecule has 0 saturated heterocycles. The summed E-state index contributed by atoms with van der Waals surface area (Å²) < 4.78 is 0.743. The van der Waals surface area contributed by atoms with E-state index >= 15 is 0 Å². The highest BCUT2D eigenvalue weighted by molar-refractivity contribution is 7.16. The first-order chi connectivity index (χ1) is 8.08. The van der Waals surface area contributed by atoms with E-state index in [0.29, 0.717) is 16.5 Å². The zero-order valence-electron chi connectivity index (χ0n) is 8.79. The van der Waals surface area contributed by atoms with Crippen molar-refractivity contribution in [2.45, 2.75) is 12.5 Å². The van der Waals surface area contributed by atoms with E-state index in [1.54, 1.807) is 6.07 Å². The molecule has 1 nitrogen and oxygen atoms in total. The summed E-state index contributed by atoms with van der Waals surface area (Å²) in [5.74, 6) is 0. The molecule has 0 aliphatic heterocycles. The number of rotatable bonds is 3. The number of hydrogen-bond donors (Lipinski definition) is 1. The fourth-order valence-corrected chi connectivity index (χ4v) is 3.03. The van der Waals surface area contributed by atoms with Gasteiger partial charge in [-0.3, -0.25) is 0 Å². The van der Waals surface area contributed by atoms with Crippen LogP contribution in [0.1, 0.15) is 16.5 Å². The van der Waals surface area contributed by atoms with E-state index in [1.165, 1.54) is 11.3 Å². The van der Waals surface area contributed by atoms with Crippen LogP contribution in [0.2, 0.25) is 14.4 Å². The third kappa shape index (κ3) is 3.15. The molecular formula is C12H10Cl3NS. The van der Waals surface area contributed by atoms with Crippen molar-refractivity contribution in [1.29, 1.82) is 0 Å². The molecule has 0 fully saturated rings. The lowest BCUT2D eigenvalue weighted by molar-refractivity contribution is 0.737. The van der Waals surface area contributed by atoms with Gasteiger partial charge in [-0.05, 0) is 30.2 Å². The van der Waals surface area contributed by atoms with Crippen molar-refractivity contribution >= 4 is 46.1 Å². The van der Waals surface area contributed by atoms with Gasteiger partial charge in [-0.2, -0.15) is 0 Å². The van der Waals surface area contributed by atoms with Crippen molar-refractivity contribution in [3.8, 4) is 0 Å². The zero-order valence-corrected chi connectivity index (χ0v) is 11.9. The molecule has 2 rings (SSSR count). The molecule has 0 aliphatic rings. The van der Waals surface area contributed by atoms with Crippen LogP contribution in [-0.4, -0.2) is 0 Å². The molecule has 2 aromatic rings. The number of nitrogens with two attached hydrogens (primary N) is 1. The van der Waals surface area contributed by atoms with Gasteiger partial charge < -0.3 is 5.73 Å². The standard InChI is InChI=1S/C12H10Cl3NS/c13-8-3-1-2-7(12(8)15)6-9(16)10-4-5-11(14)17-10/h1-5,9H,6,16H2. The van der Waals surface area contributed by atoms with E-state index < -0.39 is 0 Å². The van der Waals surface area contributed by atoms with Crippen molar-refractivity contribution in [3.63, 3.8) is 0 Å². The molecular weight excluding hydrogens is 297 g/mol. The summed E-state index contributed by atoms with van der Waals surface area (Å²) in [6.07, 6.45) is 0.649. The molecule has 0 saturated carbocycles. The van der Waals surface area contributed by atoms with Crippen LogP contribution < -0.4 is 5.73 Å². The summed E-state index contributed by atoms with van der Waals surface area (Å²) in [6, 6.07) is 9.25. The van der Waals surface area contributed by atoms with E-state index in [2.05, 4.69) is 0 Å². The minimum absolute atomic E-state index is 0.108. The summed E-state index contributed by atoms with van der Waals surface area (Å²) >= 11 is 19.4. The van der Waals surface area contributed by atoms with Crippen molar-refractivity contribution in [1.82, 2.24) is 0 Å². The lowest BCUT2D eigenvalue weighted by Crippen LogP contribution is -2.12. The van der Waals surface area contributed by atoms with Gasteiger partial charge in [0.25, 0.3) is 0 Å². The van der Waals surface area contributed by atoms with Crippen LogP contribution in [0.4, 0.5) is 0 Å². The SMILES string of the molecule is NC(Cc1cccc(Cl)c1Cl)c1ccc(Cl)s1. The maximum absolute atomic E-state index is 6.12. The maximum Gasteiger partial charge on any atom is 0.0931 e. The number of thiophene rings is 1. The maximum atomic E-state index is 6.12. The number of benzene rings is 1. The van der Waals surface area contributed by atoms with Crippen LogP contribution in [-0.2, 0) is 6.42 Å². The first-order valence-electron chi connectivity index (χ1n) is 5.01. The minimum atomic E-state index is -0.108. The summed E-state index contributed by atoms with van der Waals surface area (Å²) in [7, 11) is 0. The Kier molecular flexibility index (Phi) is 4.34. The highest BCUT2D eigenvalue weighted by Gasteiger charge is 2.12. The van der Waals surface area contributed by atoms with E-state index in [9.17, 15) is 0 Å². The van der Waals surface area contributed by atoms with Crippen molar-refractivity contribution in [2.75, 3.05) is 0 Å². The quantitative estimate of drug-likeness (QED) is 0.853. The Labute approximate surface area is 119 Å². The Morgan fingerprint density at radius 2 is 1.88 bits per heavy atom. The van der Waals surface area contributed by atoms with Gasteiger partial charge in [0.1, 0.15) is 0 Å². The van der Waals surface area contributed by atoms with Gasteiger partial charge in [-0.15, -0.1) is 11.3 Å². The Bertz CT molecular complexity index is 524. The molecule has 1 heterocycles. The van der Waals surface area contributed by atoms with E-state index in [1.807, 2.05) is 24.3 Å². The molecule has 0 bridgehead atoms. The van der Waals surface area contributed by atoms with Gasteiger partial charge in [-0.1, -0.05) is 46.9 Å². The Morgan fingerprint density at radius 1 is 1.12 bits per heavy atom. The van der Waals surface area contributed by atoms with Crippen LogP contribution in [0.3, 0.4) is 0 Å². The normalized spacial score (nSPS) is 12.7. The molecule has 1 aromatic carbocycles. The molecule has 17 heavy (non-hydrogen) atoms. The summed E-state index contributed by atoms with van der Waals surface area (Å²) in [6.45, 7) is 0. The second kappa shape index (κ2) is 5.59. The van der Waals surface area contributed by atoms with E-state index in [0.717, 1.165) is 14.8 Å². The average molecular weight is 307 g/mol. The lowest BCUT2D eigenvalue weighted by atomic mass is 10.1. The van der Waals surface area contributed by atoms with Gasteiger partial charge in [-0.25, -0.2) is 0 Å². The highest BCUT2D eigenvalue weighted by atomic mass is 35.5. The van der Waals surface area contributed by atoms with Crippen molar-refractivity contribution in [3.05, 3.63) is 55.2 Å². The molecule has 1 unspecified atom stereocenters. The summed E-state index contributed by atoms with van der Waals surface area (Å²) in [5.41, 5.74) is 7.06. The van der Waals surface area contributed by atoms with Crippen LogP contribution in [0.25, 0.3) is 0 Å². The molecule has 1 aromatic heterocycles. The van der Waals surface area contributed by atoms with E-state index in [-0.39, 0.29) is 6.04 Å². The predicted octanol–water partition coefficient (Wildman–Crippen LogP) is 4.95. The van der Waals surface area contributed by atoms with E-state index in [4.69, 9.17) is 40.5 Å². The van der Waals surface area contributed by atoms with Gasteiger partial charge in [0.15, 0.2) is 0 Å². The minimum Gasteiger partial charge on any atom is -0.323 e. The first-order valence-corrected chi connectivity index (χ1v) is 6.96. The highest BCUT2D eigenvalue weighted by Crippen LogP contribution is 2.31. The van der Waals surface area contributed by atoms with Gasteiger partial charge >= 0.3 is 0 Å². The van der Waals surface area contributed by atoms with Crippen molar-refractivity contribution < 1.29 is 0 Å². The molecule has 0 aliphatic carbocycles. The average Bonchev–Trinajstić information content (AvgIpc) is 2.72. The van der Waals surface area contributed by atoms with Crippen LogP contribution in [0, 0.1) is 0 Å². The second-order valence-electron chi connectivity index (χ2n) is 3.67. The summed E-state index contributed by atoms with van der Waals surface area (Å²) in [5, 5.41) is 1.13. The molecule has 0 radical (unpaired) electrons. The smallest absolute Gasteiger partial charge is 0.0931 e. The Balaban J connectivity index is 2.18. The van der Waals surface area contributed by atoms with Crippen molar-refractivity contribution in [2.24, 2.45) is 5.73 Å². The van der Waals surface area contributed by atoms with Gasteiger partial charge in [0, 0.05) is 10.9 Å². The zero-order chi connectivity index (χ0) is 12.4. The summed E-state index contributed by atoms with van der Waals surface area (Å²) in [4.78, 5) is 1.05. The fraction of sp³-hybridized carbons (Fsp3) is 0.167. The predicted molar refractivity (Wildman–Crippen MR) is 76.4 cm³/mol. The largest absolute Gasteiger partial charge is 0.323 e. The topological polar surface area (TPSA) is 26.0 Å². The molecule has 5 heteroatoms. The van der Waals surface area contributed by atoms with Crippen LogP contribution in [0.5, 0.6) is 0 Å². The second-order valence-corrected chi connectivity index (χ2v) is 6.20. The van der Waals surface area contributed by atoms with Gasteiger partial charge in [0.2, 0.25) is 0 Å². The molecule has 90 valence electrons. The fourth-order valence-electron chi connectivity index (χ4n) is 1.57. The monoisotopic (exact) mass is 305 g/mol. The Morgan fingerprint density at radius 3 is 2.53 bits per heavy atom. The molecule has 0 spiro atoms.